The number of nitrogens with zero attached hydrogens (tertiary/aromatic N) is 3. The number of carbonyl (C=O) groups excluding carboxylic acids is 1. The third-order valence-electron chi connectivity index (χ3n) is 2.91. The molecule has 100 valence electrons. The van der Waals surface area contributed by atoms with Crippen molar-refractivity contribution in [3.8, 4) is 0 Å². The van der Waals surface area contributed by atoms with E-state index in [4.69, 9.17) is 5.73 Å². The van der Waals surface area contributed by atoms with Crippen LogP contribution in [0.1, 0.15) is 37.2 Å². The number of hydrogen-bond acceptors (Lipinski definition) is 5. The molecule has 0 aliphatic heterocycles. The molecule has 2 atom stereocenters. The highest BCUT2D eigenvalue weighted by Crippen LogP contribution is 2.19. The van der Waals surface area contributed by atoms with Crippen LogP contribution in [0, 0.1) is 0 Å². The van der Waals surface area contributed by atoms with Gasteiger partial charge in [-0.15, -0.1) is 10.2 Å². The number of amides is 1. The minimum atomic E-state index is -0.297. The lowest BCUT2D eigenvalue weighted by atomic mass is 9.99. The summed E-state index contributed by atoms with van der Waals surface area (Å²) >= 11 is 0. The molecule has 7 nitrogen and oxygen atoms in total. The van der Waals surface area contributed by atoms with Gasteiger partial charge >= 0.3 is 0 Å². The van der Waals surface area contributed by atoms with E-state index in [-0.39, 0.29) is 17.9 Å². The van der Waals surface area contributed by atoms with Gasteiger partial charge in [0.25, 0.3) is 0 Å². The van der Waals surface area contributed by atoms with Gasteiger partial charge in [0.15, 0.2) is 5.82 Å². The van der Waals surface area contributed by atoms with Crippen molar-refractivity contribution < 1.29 is 4.79 Å². The third-order valence-corrected chi connectivity index (χ3v) is 2.91. The Morgan fingerprint density at radius 2 is 2.21 bits per heavy atom. The molecule has 0 bridgehead atoms. The van der Waals surface area contributed by atoms with E-state index in [1.165, 1.54) is 0 Å². The minimum Gasteiger partial charge on any atom is -0.399 e. The average molecular weight is 260 g/mol. The zero-order chi connectivity index (χ0) is 13.8. The first-order chi connectivity index (χ1) is 9.08. The third kappa shape index (κ3) is 3.06. The van der Waals surface area contributed by atoms with Gasteiger partial charge in [-0.2, -0.15) is 5.21 Å². The summed E-state index contributed by atoms with van der Waals surface area (Å²) in [5.41, 5.74) is 7.23. The first-order valence-corrected chi connectivity index (χ1v) is 5.97. The predicted molar refractivity (Wildman–Crippen MR) is 70.0 cm³/mol. The second-order valence-corrected chi connectivity index (χ2v) is 4.39. The Kier molecular flexibility index (Phi) is 3.74. The van der Waals surface area contributed by atoms with Crippen molar-refractivity contribution in [2.75, 3.05) is 5.73 Å². The van der Waals surface area contributed by atoms with Crippen LogP contribution in [0.4, 0.5) is 5.69 Å². The van der Waals surface area contributed by atoms with Crippen LogP contribution in [0.15, 0.2) is 24.3 Å². The fraction of sp³-hybridized carbons (Fsp3) is 0.333. The molecule has 1 aromatic heterocycles. The molecule has 7 heteroatoms. The summed E-state index contributed by atoms with van der Waals surface area (Å²) in [5, 5.41) is 16.3. The number of benzene rings is 1. The number of tetrazole rings is 1. The normalized spacial score (nSPS) is 13.8. The molecule has 1 amide bonds. The average Bonchev–Trinajstić information content (AvgIpc) is 2.91. The summed E-state index contributed by atoms with van der Waals surface area (Å²) in [6, 6.07) is 6.99. The Hall–Kier alpha value is -2.44. The molecule has 2 aromatic rings. The maximum Gasteiger partial charge on any atom is 0.227 e. The molecule has 0 fully saturated rings. The van der Waals surface area contributed by atoms with Gasteiger partial charge in [0.1, 0.15) is 0 Å². The largest absolute Gasteiger partial charge is 0.399 e. The molecule has 2 rings (SSSR count). The van der Waals surface area contributed by atoms with Gasteiger partial charge in [0.2, 0.25) is 5.91 Å². The molecule has 4 N–H and O–H groups in total. The number of H-pyrrole nitrogens is 1. The van der Waals surface area contributed by atoms with Crippen molar-refractivity contribution in [2.24, 2.45) is 0 Å². The van der Waals surface area contributed by atoms with Crippen LogP contribution in [0.3, 0.4) is 0 Å². The second kappa shape index (κ2) is 5.47. The number of hydrogen-bond donors (Lipinski definition) is 3. The summed E-state index contributed by atoms with van der Waals surface area (Å²) in [6.07, 6.45) is 0. The number of nitrogens with one attached hydrogen (secondary N) is 2. The van der Waals surface area contributed by atoms with E-state index in [1.54, 1.807) is 19.1 Å². The van der Waals surface area contributed by atoms with Crippen LogP contribution in [-0.2, 0) is 4.79 Å². The molecular formula is C12H16N6O. The van der Waals surface area contributed by atoms with E-state index in [9.17, 15) is 4.79 Å². The van der Waals surface area contributed by atoms with Crippen molar-refractivity contribution in [1.29, 1.82) is 0 Å². The molecule has 0 saturated heterocycles. The van der Waals surface area contributed by atoms with Gasteiger partial charge in [0, 0.05) is 5.69 Å². The van der Waals surface area contributed by atoms with Crippen molar-refractivity contribution in [2.45, 2.75) is 25.8 Å². The minimum absolute atomic E-state index is 0.108. The fourth-order valence-electron chi connectivity index (χ4n) is 1.74. The first-order valence-electron chi connectivity index (χ1n) is 5.97. The summed E-state index contributed by atoms with van der Waals surface area (Å²) in [5.74, 6) is 0.0499. The van der Waals surface area contributed by atoms with Crippen molar-refractivity contribution in [3.05, 3.63) is 35.7 Å². The van der Waals surface area contributed by atoms with Gasteiger partial charge in [-0.3, -0.25) is 4.79 Å². The van der Waals surface area contributed by atoms with Gasteiger partial charge < -0.3 is 11.1 Å². The van der Waals surface area contributed by atoms with E-state index >= 15 is 0 Å². The summed E-state index contributed by atoms with van der Waals surface area (Å²) in [4.78, 5) is 12.1. The maximum atomic E-state index is 12.1. The standard InChI is InChI=1S/C12H16N6O/c1-7(9-4-3-5-10(13)6-9)12(19)14-8(2)11-15-17-18-16-11/h3-8H,13H2,1-2H3,(H,14,19)(H,15,16,17,18). The Morgan fingerprint density at radius 1 is 1.42 bits per heavy atom. The maximum absolute atomic E-state index is 12.1. The highest BCUT2D eigenvalue weighted by molar-refractivity contribution is 5.83. The second-order valence-electron chi connectivity index (χ2n) is 4.39. The zero-order valence-electron chi connectivity index (χ0n) is 10.8. The number of carbonyl (C=O) groups is 1. The van der Waals surface area contributed by atoms with Crippen molar-refractivity contribution >= 4 is 11.6 Å². The molecular weight excluding hydrogens is 244 g/mol. The molecule has 0 aliphatic rings. The number of nitrogen functional groups attached to an aromatic ring is 1. The van der Waals surface area contributed by atoms with E-state index in [0.717, 1.165) is 5.56 Å². The molecule has 1 heterocycles. The molecule has 19 heavy (non-hydrogen) atoms. The van der Waals surface area contributed by atoms with Crippen molar-refractivity contribution in [1.82, 2.24) is 25.9 Å². The topological polar surface area (TPSA) is 110 Å². The molecule has 0 spiro atoms. The van der Waals surface area contributed by atoms with Crippen LogP contribution in [0.25, 0.3) is 0 Å². The van der Waals surface area contributed by atoms with E-state index in [0.29, 0.717) is 11.5 Å². The van der Waals surface area contributed by atoms with Crippen LogP contribution in [0.5, 0.6) is 0 Å². The predicted octanol–water partition coefficient (Wildman–Crippen LogP) is 0.763. The van der Waals surface area contributed by atoms with Gasteiger partial charge in [-0.25, -0.2) is 0 Å². The van der Waals surface area contributed by atoms with E-state index in [1.807, 2.05) is 19.1 Å². The van der Waals surface area contributed by atoms with E-state index < -0.39 is 0 Å². The van der Waals surface area contributed by atoms with Crippen molar-refractivity contribution in [3.63, 3.8) is 0 Å². The Balaban J connectivity index is 2.04. The Morgan fingerprint density at radius 3 is 2.84 bits per heavy atom. The lowest BCUT2D eigenvalue weighted by molar-refractivity contribution is -0.122. The SMILES string of the molecule is CC(NC(=O)C(C)c1cccc(N)c1)c1nn[nH]n1. The summed E-state index contributed by atoms with van der Waals surface area (Å²) in [7, 11) is 0. The molecule has 1 aromatic carbocycles. The van der Waals surface area contributed by atoms with E-state index in [2.05, 4.69) is 25.9 Å². The van der Waals surface area contributed by atoms with Crippen LogP contribution >= 0.6 is 0 Å². The van der Waals surface area contributed by atoms with Gasteiger partial charge in [-0.05, 0) is 31.5 Å². The van der Waals surface area contributed by atoms with Gasteiger partial charge in [-0.1, -0.05) is 17.3 Å². The van der Waals surface area contributed by atoms with Gasteiger partial charge in [0.05, 0.1) is 12.0 Å². The highest BCUT2D eigenvalue weighted by Gasteiger charge is 2.19. The number of aromatic amines is 1. The quantitative estimate of drug-likeness (QED) is 0.703. The monoisotopic (exact) mass is 260 g/mol. The summed E-state index contributed by atoms with van der Waals surface area (Å²) < 4.78 is 0. The molecule has 2 unspecified atom stereocenters. The zero-order valence-corrected chi connectivity index (χ0v) is 10.8. The van der Waals surface area contributed by atoms with Crippen LogP contribution < -0.4 is 11.1 Å². The number of anilines is 1. The Bertz CT molecular complexity index is 553. The number of rotatable bonds is 4. The molecule has 0 saturated carbocycles. The number of aromatic nitrogens is 4. The first kappa shape index (κ1) is 13.0. The summed E-state index contributed by atoms with van der Waals surface area (Å²) in [6.45, 7) is 3.63. The van der Waals surface area contributed by atoms with Crippen LogP contribution in [-0.4, -0.2) is 26.5 Å². The number of nitrogens with two attached hydrogens (primary N) is 1. The molecule has 0 radical (unpaired) electrons. The lowest BCUT2D eigenvalue weighted by Crippen LogP contribution is -2.31. The fourth-order valence-corrected chi connectivity index (χ4v) is 1.74. The molecule has 0 aliphatic carbocycles. The van der Waals surface area contributed by atoms with Crippen LogP contribution in [0.2, 0.25) is 0 Å². The lowest BCUT2D eigenvalue weighted by Gasteiger charge is -2.15. The Labute approximate surface area is 110 Å². The highest BCUT2D eigenvalue weighted by atomic mass is 16.1. The smallest absolute Gasteiger partial charge is 0.227 e.